The number of carboxylic acid groups (broad SMARTS) is 1. The van der Waals surface area contributed by atoms with Gasteiger partial charge in [0.05, 0.1) is 5.36 Å². The molecule has 0 fully saturated rings. The minimum Gasteiger partial charge on any atom is -0.479 e. The molecule has 2 rings (SSSR count). The second-order valence-corrected chi connectivity index (χ2v) is 3.87. The van der Waals surface area contributed by atoms with Gasteiger partial charge in [-0.1, -0.05) is 24.3 Å². The largest absolute Gasteiger partial charge is 0.479 e. The highest BCUT2D eigenvalue weighted by Crippen LogP contribution is 2.22. The number of carbonyl (C=O) groups is 1. The average Bonchev–Trinajstić information content (AvgIpc) is 2.66. The van der Waals surface area contributed by atoms with Crippen molar-refractivity contribution in [2.75, 3.05) is 0 Å². The van der Waals surface area contributed by atoms with Crippen molar-refractivity contribution >= 4 is 12.0 Å². The summed E-state index contributed by atoms with van der Waals surface area (Å²) in [5.41, 5.74) is -1.10. The van der Waals surface area contributed by atoms with Gasteiger partial charge in [0, 0.05) is 0 Å². The third kappa shape index (κ3) is 1.65. The van der Waals surface area contributed by atoms with Gasteiger partial charge in [-0.2, -0.15) is 0 Å². The van der Waals surface area contributed by atoms with Gasteiger partial charge in [-0.3, -0.25) is 4.99 Å². The summed E-state index contributed by atoms with van der Waals surface area (Å²) in [6.07, 6.45) is 4.55. The first-order chi connectivity index (χ1) is 7.68. The Morgan fingerprint density at radius 3 is 2.88 bits per heavy atom. The topological polar surface area (TPSA) is 49.7 Å². The van der Waals surface area contributed by atoms with Crippen LogP contribution in [0.2, 0.25) is 0 Å². The van der Waals surface area contributed by atoms with E-state index >= 15 is 0 Å². The monoisotopic (exact) mass is 215 g/mol. The number of allylic oxidation sites excluding steroid dienone is 1. The molecule has 0 aromatic heterocycles. The standard InChI is InChI=1S/C13H13NO2/c1-2-3-8-13(12(15)16)9-10-6-4-5-7-11(10)14-13/h2,4-7,9H,1,3,8H2,(H,15,16). The van der Waals surface area contributed by atoms with Crippen LogP contribution in [0.5, 0.6) is 0 Å². The molecule has 1 unspecified atom stereocenters. The van der Waals surface area contributed by atoms with Crippen molar-refractivity contribution < 1.29 is 9.90 Å². The number of para-hydroxylation sites is 1. The maximum absolute atomic E-state index is 11.3. The molecule has 1 heterocycles. The summed E-state index contributed by atoms with van der Waals surface area (Å²) in [6.45, 7) is 3.61. The first-order valence-electron chi connectivity index (χ1n) is 5.20. The summed E-state index contributed by atoms with van der Waals surface area (Å²) in [5, 5.41) is 11.0. The molecule has 0 aliphatic carbocycles. The third-order valence-corrected chi connectivity index (χ3v) is 2.75. The van der Waals surface area contributed by atoms with E-state index in [1.165, 1.54) is 0 Å². The van der Waals surface area contributed by atoms with Crippen LogP contribution in [0.4, 0.5) is 0 Å². The van der Waals surface area contributed by atoms with Crippen molar-refractivity contribution in [2.24, 2.45) is 4.99 Å². The fourth-order valence-corrected chi connectivity index (χ4v) is 1.88. The summed E-state index contributed by atoms with van der Waals surface area (Å²) in [5.74, 6) is -0.898. The van der Waals surface area contributed by atoms with Gasteiger partial charge in [0.1, 0.15) is 0 Å². The molecule has 1 aromatic rings. The van der Waals surface area contributed by atoms with E-state index in [2.05, 4.69) is 11.6 Å². The highest BCUT2D eigenvalue weighted by molar-refractivity contribution is 5.88. The molecule has 0 amide bonds. The van der Waals surface area contributed by atoms with E-state index in [4.69, 9.17) is 0 Å². The van der Waals surface area contributed by atoms with Gasteiger partial charge >= 0.3 is 5.97 Å². The van der Waals surface area contributed by atoms with Gasteiger partial charge in [-0.05, 0) is 30.2 Å². The normalized spacial score (nSPS) is 21.8. The van der Waals surface area contributed by atoms with E-state index in [0.29, 0.717) is 12.8 Å². The molecule has 16 heavy (non-hydrogen) atoms. The lowest BCUT2D eigenvalue weighted by Crippen LogP contribution is -2.33. The number of carboxylic acids is 1. The maximum atomic E-state index is 11.3. The molecular weight excluding hydrogens is 202 g/mol. The SMILES string of the molecule is C=CCCC1(C(=O)O)C=c2ccccc2=N1. The van der Waals surface area contributed by atoms with E-state index in [0.717, 1.165) is 10.6 Å². The minimum absolute atomic E-state index is 0.459. The van der Waals surface area contributed by atoms with Crippen molar-refractivity contribution in [3.63, 3.8) is 0 Å². The third-order valence-electron chi connectivity index (χ3n) is 2.75. The number of nitrogens with zero attached hydrogens (tertiary/aromatic N) is 1. The molecule has 1 N–H and O–H groups in total. The van der Waals surface area contributed by atoms with Gasteiger partial charge < -0.3 is 5.11 Å². The predicted molar refractivity (Wildman–Crippen MR) is 61.5 cm³/mol. The zero-order valence-electron chi connectivity index (χ0n) is 8.89. The highest BCUT2D eigenvalue weighted by Gasteiger charge is 2.36. The van der Waals surface area contributed by atoms with Crippen LogP contribution in [0.15, 0.2) is 41.9 Å². The van der Waals surface area contributed by atoms with E-state index in [9.17, 15) is 9.90 Å². The van der Waals surface area contributed by atoms with Crippen LogP contribution in [-0.2, 0) is 4.79 Å². The molecule has 0 saturated heterocycles. The van der Waals surface area contributed by atoms with Crippen LogP contribution < -0.4 is 10.6 Å². The van der Waals surface area contributed by atoms with Gasteiger partial charge in [0.2, 0.25) is 0 Å². The van der Waals surface area contributed by atoms with Crippen molar-refractivity contribution in [1.29, 1.82) is 0 Å². The van der Waals surface area contributed by atoms with Crippen LogP contribution in [0.25, 0.3) is 6.08 Å². The van der Waals surface area contributed by atoms with Crippen molar-refractivity contribution in [3.8, 4) is 0 Å². The number of rotatable bonds is 4. The molecule has 1 aliphatic heterocycles. The van der Waals surface area contributed by atoms with Crippen molar-refractivity contribution in [1.82, 2.24) is 0 Å². The summed E-state index contributed by atoms with van der Waals surface area (Å²) < 4.78 is 0. The summed E-state index contributed by atoms with van der Waals surface area (Å²) in [4.78, 5) is 15.7. The molecule has 3 heteroatoms. The van der Waals surface area contributed by atoms with Crippen molar-refractivity contribution in [2.45, 2.75) is 18.4 Å². The lowest BCUT2D eigenvalue weighted by Gasteiger charge is -2.17. The fraction of sp³-hybridized carbons (Fsp3) is 0.231. The summed E-state index contributed by atoms with van der Waals surface area (Å²) in [6, 6.07) is 7.47. The van der Waals surface area contributed by atoms with Gasteiger partial charge in [0.25, 0.3) is 0 Å². The first-order valence-corrected chi connectivity index (χ1v) is 5.20. The Bertz CT molecular complexity index is 510. The lowest BCUT2D eigenvalue weighted by atomic mass is 9.94. The van der Waals surface area contributed by atoms with Gasteiger partial charge in [0.15, 0.2) is 5.54 Å². The van der Waals surface area contributed by atoms with E-state index < -0.39 is 11.5 Å². The maximum Gasteiger partial charge on any atom is 0.335 e. The molecule has 0 saturated carbocycles. The molecule has 1 atom stereocenters. The second kappa shape index (κ2) is 3.93. The van der Waals surface area contributed by atoms with Crippen LogP contribution in [-0.4, -0.2) is 16.6 Å². The zero-order chi connectivity index (χ0) is 11.6. The highest BCUT2D eigenvalue weighted by atomic mass is 16.4. The Kier molecular flexibility index (Phi) is 2.60. The van der Waals surface area contributed by atoms with Crippen LogP contribution in [0.3, 0.4) is 0 Å². The Morgan fingerprint density at radius 2 is 2.25 bits per heavy atom. The number of hydrogen-bond acceptors (Lipinski definition) is 2. The molecule has 3 nitrogen and oxygen atoms in total. The number of hydrogen-bond donors (Lipinski definition) is 1. The Balaban J connectivity index is 2.50. The first kappa shape index (κ1) is 10.6. The van der Waals surface area contributed by atoms with Crippen molar-refractivity contribution in [3.05, 3.63) is 47.5 Å². The molecule has 1 aliphatic rings. The Hall–Kier alpha value is -1.90. The van der Waals surface area contributed by atoms with Crippen LogP contribution in [0.1, 0.15) is 12.8 Å². The molecule has 82 valence electrons. The number of benzene rings is 1. The van der Waals surface area contributed by atoms with Crippen LogP contribution in [0, 0.1) is 0 Å². The lowest BCUT2D eigenvalue weighted by molar-refractivity contribution is -0.140. The van der Waals surface area contributed by atoms with E-state index in [1.807, 2.05) is 24.3 Å². The summed E-state index contributed by atoms with van der Waals surface area (Å²) >= 11 is 0. The Labute approximate surface area is 93.5 Å². The fourth-order valence-electron chi connectivity index (χ4n) is 1.88. The molecule has 0 radical (unpaired) electrons. The van der Waals surface area contributed by atoms with Gasteiger partial charge in [-0.25, -0.2) is 4.79 Å². The minimum atomic E-state index is -1.10. The van der Waals surface area contributed by atoms with E-state index in [1.54, 1.807) is 12.2 Å². The summed E-state index contributed by atoms with van der Waals surface area (Å²) in [7, 11) is 0. The second-order valence-electron chi connectivity index (χ2n) is 3.87. The average molecular weight is 215 g/mol. The molecular formula is C13H13NO2. The number of aliphatic carboxylic acids is 1. The van der Waals surface area contributed by atoms with E-state index in [-0.39, 0.29) is 0 Å². The molecule has 0 spiro atoms. The van der Waals surface area contributed by atoms with Crippen LogP contribution >= 0.6 is 0 Å². The predicted octanol–water partition coefficient (Wildman–Crippen LogP) is 0.890. The molecule has 0 bridgehead atoms. The number of fused-ring (bicyclic) bond motifs is 1. The van der Waals surface area contributed by atoms with Gasteiger partial charge in [-0.15, -0.1) is 6.58 Å². The zero-order valence-corrected chi connectivity index (χ0v) is 8.89. The smallest absolute Gasteiger partial charge is 0.335 e. The Morgan fingerprint density at radius 1 is 1.50 bits per heavy atom. The quantitative estimate of drug-likeness (QED) is 0.758. The molecule has 1 aromatic carbocycles.